The molecule has 282 valence electrons. The minimum atomic E-state index is -1.25. The third-order valence-electron chi connectivity index (χ3n) is 11.8. The molecule has 4 aromatic rings. The van der Waals surface area contributed by atoms with Gasteiger partial charge in [-0.1, -0.05) is 18.6 Å². The Hall–Kier alpha value is -4.40. The van der Waals surface area contributed by atoms with Crippen molar-refractivity contribution < 1.29 is 42.7 Å². The molecule has 4 heterocycles. The van der Waals surface area contributed by atoms with Crippen LogP contribution < -0.4 is 14.4 Å². The number of halogens is 2. The molecule has 2 N–H and O–H groups in total. The van der Waals surface area contributed by atoms with E-state index in [0.717, 1.165) is 51.5 Å². The van der Waals surface area contributed by atoms with E-state index in [1.165, 1.54) is 38.5 Å². The molecule has 0 radical (unpaired) electrons. The van der Waals surface area contributed by atoms with Gasteiger partial charge in [-0.15, -0.1) is 0 Å². The number of rotatable bonds is 8. The second-order valence-corrected chi connectivity index (χ2v) is 15.4. The first-order valence-corrected chi connectivity index (χ1v) is 18.4. The van der Waals surface area contributed by atoms with Crippen LogP contribution in [0, 0.1) is 23.0 Å². The summed E-state index contributed by atoms with van der Waals surface area (Å²) in [5, 5.41) is 22.4. The van der Waals surface area contributed by atoms with E-state index in [2.05, 4.69) is 14.9 Å². The molecule has 53 heavy (non-hydrogen) atoms. The van der Waals surface area contributed by atoms with Gasteiger partial charge in [0.2, 0.25) is 5.88 Å². The Balaban J connectivity index is 1.21. The maximum Gasteiger partial charge on any atom is 0.319 e. The lowest BCUT2D eigenvalue weighted by molar-refractivity contribution is -0.152. The number of piperidine rings is 1. The van der Waals surface area contributed by atoms with Gasteiger partial charge in [-0.2, -0.15) is 9.97 Å². The number of anilines is 1. The normalized spacial score (nSPS) is 27.7. The quantitative estimate of drug-likeness (QED) is 0.225. The summed E-state index contributed by atoms with van der Waals surface area (Å²) in [7, 11) is 2.83. The van der Waals surface area contributed by atoms with E-state index in [0.29, 0.717) is 24.6 Å². The number of phenols is 1. The maximum absolute atomic E-state index is 17.1. The molecule has 4 fully saturated rings. The Labute approximate surface area is 306 Å². The van der Waals surface area contributed by atoms with Gasteiger partial charge < -0.3 is 34.1 Å². The molecule has 14 heteroatoms. The second-order valence-electron chi connectivity index (χ2n) is 15.4. The van der Waals surface area contributed by atoms with Crippen molar-refractivity contribution in [2.45, 2.75) is 69.6 Å². The zero-order chi connectivity index (χ0) is 37.1. The van der Waals surface area contributed by atoms with Crippen molar-refractivity contribution in [1.29, 1.82) is 0 Å². The van der Waals surface area contributed by atoms with Gasteiger partial charge in [0.15, 0.2) is 5.82 Å². The predicted molar refractivity (Wildman–Crippen MR) is 192 cm³/mol. The van der Waals surface area contributed by atoms with Crippen molar-refractivity contribution >= 4 is 33.5 Å². The van der Waals surface area contributed by atoms with Crippen LogP contribution in [0.15, 0.2) is 30.3 Å². The van der Waals surface area contributed by atoms with E-state index in [9.17, 15) is 15.0 Å². The number of likely N-dealkylation sites (tertiary alicyclic amines) is 1. The summed E-state index contributed by atoms with van der Waals surface area (Å²) in [6.45, 7) is 3.75. The molecule has 0 bridgehead atoms. The fourth-order valence-electron chi connectivity index (χ4n) is 9.26. The maximum atomic E-state index is 17.1. The number of aromatic nitrogens is 3. The SMILES string of the molecule is COC(=O)C1CC(N2CCC[C@@]3(COc4nc(N5CCOC[C@@](C)(O)C5)c5c(OC)nc(-c6cc(O)cc7cccc(F)c67)c(F)c5n4)CCC[C@@H]23)C1. The highest BCUT2D eigenvalue weighted by molar-refractivity contribution is 6.02. The van der Waals surface area contributed by atoms with Crippen LogP contribution in [0.3, 0.4) is 0 Å². The van der Waals surface area contributed by atoms with Crippen LogP contribution in [0.5, 0.6) is 17.6 Å². The van der Waals surface area contributed by atoms with Crippen molar-refractivity contribution in [3.8, 4) is 28.9 Å². The summed E-state index contributed by atoms with van der Waals surface area (Å²) in [4.78, 5) is 30.6. The van der Waals surface area contributed by atoms with Crippen LogP contribution in [0.1, 0.15) is 51.9 Å². The number of hydrogen-bond acceptors (Lipinski definition) is 12. The number of pyridine rings is 1. The van der Waals surface area contributed by atoms with Crippen molar-refractivity contribution in [2.75, 3.05) is 58.6 Å². The monoisotopic (exact) mass is 733 g/mol. The fraction of sp³-hybridized carbons (Fsp3) is 0.538. The van der Waals surface area contributed by atoms with Crippen LogP contribution >= 0.6 is 0 Å². The standard InChI is InChI=1S/C39H45F2N5O7/c1-38(49)19-45(13-14-52-20-38)34-30-33(31(41)32(42-35(30)50-2)26-18-25(47)17-22-7-4-8-27(40)29(22)26)43-37(44-34)53-21-39-10-5-9-28(39)46(12-6-11-39)24-15-23(16-24)36(48)51-3/h4,7-8,17-18,23-24,28,47,49H,5-6,9-16,19-21H2,1-3H3/t23?,24?,28-,38+,39-/m1/s1. The zero-order valence-corrected chi connectivity index (χ0v) is 30.2. The number of ether oxygens (including phenoxy) is 4. The van der Waals surface area contributed by atoms with Crippen molar-refractivity contribution in [2.24, 2.45) is 11.3 Å². The average Bonchev–Trinajstić information content (AvgIpc) is 3.47. The number of benzene rings is 2. The van der Waals surface area contributed by atoms with Crippen molar-refractivity contribution in [3.05, 3.63) is 42.0 Å². The van der Waals surface area contributed by atoms with E-state index in [1.54, 1.807) is 17.9 Å². The highest BCUT2D eigenvalue weighted by atomic mass is 19.1. The summed E-state index contributed by atoms with van der Waals surface area (Å²) < 4.78 is 55.5. The van der Waals surface area contributed by atoms with E-state index in [1.807, 2.05) is 0 Å². The summed E-state index contributed by atoms with van der Waals surface area (Å²) in [5.74, 6) is -1.63. The number of hydrogen-bond donors (Lipinski definition) is 2. The predicted octanol–water partition coefficient (Wildman–Crippen LogP) is 5.39. The molecule has 2 saturated carbocycles. The first-order chi connectivity index (χ1) is 25.5. The minimum Gasteiger partial charge on any atom is -0.508 e. The number of β-amino-alcohol motifs (C(OH)–C–C–N with tert-alkyl or cyclic N) is 1. The van der Waals surface area contributed by atoms with Gasteiger partial charge in [0, 0.05) is 35.0 Å². The Bertz CT molecular complexity index is 2060. The van der Waals surface area contributed by atoms with Crippen LogP contribution in [-0.4, -0.2) is 107 Å². The van der Waals surface area contributed by atoms with E-state index in [-0.39, 0.29) is 94.1 Å². The lowest BCUT2D eigenvalue weighted by Crippen LogP contribution is -2.59. The van der Waals surface area contributed by atoms with E-state index >= 15 is 8.78 Å². The molecule has 0 spiro atoms. The Kier molecular flexibility index (Phi) is 9.26. The molecular formula is C39H45F2N5O7. The lowest BCUT2D eigenvalue weighted by Gasteiger charge is -2.52. The largest absolute Gasteiger partial charge is 0.508 e. The fourth-order valence-corrected chi connectivity index (χ4v) is 9.26. The third-order valence-corrected chi connectivity index (χ3v) is 11.8. The first-order valence-electron chi connectivity index (χ1n) is 18.4. The van der Waals surface area contributed by atoms with Gasteiger partial charge in [-0.25, -0.2) is 13.8 Å². The van der Waals surface area contributed by atoms with Crippen LogP contribution in [0.4, 0.5) is 14.6 Å². The number of carbonyl (C=O) groups is 1. The highest BCUT2D eigenvalue weighted by Crippen LogP contribution is 2.51. The molecule has 2 aromatic heterocycles. The molecule has 12 nitrogen and oxygen atoms in total. The molecule has 4 aliphatic rings. The van der Waals surface area contributed by atoms with Gasteiger partial charge in [0.25, 0.3) is 0 Å². The Morgan fingerprint density at radius 3 is 2.68 bits per heavy atom. The Morgan fingerprint density at radius 2 is 1.89 bits per heavy atom. The smallest absolute Gasteiger partial charge is 0.319 e. The molecule has 2 aliphatic carbocycles. The van der Waals surface area contributed by atoms with E-state index < -0.39 is 17.2 Å². The van der Waals surface area contributed by atoms with Gasteiger partial charge in [-0.05, 0) is 75.6 Å². The van der Waals surface area contributed by atoms with Gasteiger partial charge in [0.05, 0.1) is 46.5 Å². The number of carbonyl (C=O) groups excluding carboxylic acids is 1. The third kappa shape index (κ3) is 6.38. The number of nitrogens with zero attached hydrogens (tertiary/aromatic N) is 5. The van der Waals surface area contributed by atoms with Gasteiger partial charge >= 0.3 is 12.0 Å². The van der Waals surface area contributed by atoms with Gasteiger partial charge in [-0.3, -0.25) is 9.69 Å². The number of esters is 1. The van der Waals surface area contributed by atoms with Crippen LogP contribution in [-0.2, 0) is 14.3 Å². The molecule has 2 aromatic carbocycles. The minimum absolute atomic E-state index is 0.0151. The van der Waals surface area contributed by atoms with Crippen LogP contribution in [0.25, 0.3) is 32.9 Å². The molecule has 0 amide bonds. The van der Waals surface area contributed by atoms with Crippen LogP contribution in [0.2, 0.25) is 0 Å². The molecule has 2 aliphatic heterocycles. The second kappa shape index (κ2) is 13.8. The molecular weight excluding hydrogens is 688 g/mol. The molecule has 0 unspecified atom stereocenters. The first kappa shape index (κ1) is 35.6. The molecule has 8 rings (SSSR count). The number of methoxy groups -OCH3 is 2. The van der Waals surface area contributed by atoms with Crippen molar-refractivity contribution in [3.63, 3.8) is 0 Å². The topological polar surface area (TPSA) is 140 Å². The molecule has 3 atom stereocenters. The number of aromatic hydroxyl groups is 1. The highest BCUT2D eigenvalue weighted by Gasteiger charge is 2.52. The average molecular weight is 734 g/mol. The number of fused-ring (bicyclic) bond motifs is 3. The number of phenolic OH excluding ortho intramolecular Hbond substituents is 1. The zero-order valence-electron chi connectivity index (χ0n) is 30.2. The van der Waals surface area contributed by atoms with Crippen molar-refractivity contribution in [1.82, 2.24) is 19.9 Å². The molecule has 2 saturated heterocycles. The Morgan fingerprint density at radius 1 is 1.08 bits per heavy atom. The summed E-state index contributed by atoms with van der Waals surface area (Å²) in [5.41, 5.74) is -1.80. The lowest BCUT2D eigenvalue weighted by atomic mass is 9.71. The van der Waals surface area contributed by atoms with Gasteiger partial charge in [0.1, 0.15) is 39.6 Å². The summed E-state index contributed by atoms with van der Waals surface area (Å²) in [6, 6.07) is 7.61. The summed E-state index contributed by atoms with van der Waals surface area (Å²) in [6.07, 6.45) is 6.54. The summed E-state index contributed by atoms with van der Waals surface area (Å²) >= 11 is 0. The van der Waals surface area contributed by atoms with E-state index in [4.69, 9.17) is 23.9 Å². The number of aliphatic hydroxyl groups is 1.